The molecule has 0 aliphatic carbocycles. The van der Waals surface area contributed by atoms with Crippen LogP contribution in [-0.4, -0.2) is 23.1 Å². The summed E-state index contributed by atoms with van der Waals surface area (Å²) >= 11 is 1.93. The number of carbonyl (C=O) groups excluding carboxylic acids is 1. The zero-order chi connectivity index (χ0) is 15.3. The van der Waals surface area contributed by atoms with Gasteiger partial charge in [0, 0.05) is 11.3 Å². The Balaban J connectivity index is 1.85. The van der Waals surface area contributed by atoms with Crippen LogP contribution in [0.5, 0.6) is 0 Å². The molecule has 0 bridgehead atoms. The zero-order valence-corrected chi connectivity index (χ0v) is 13.3. The summed E-state index contributed by atoms with van der Waals surface area (Å²) in [6, 6.07) is 9.15. The van der Waals surface area contributed by atoms with E-state index in [-0.39, 0.29) is 16.8 Å². The van der Waals surface area contributed by atoms with Crippen LogP contribution in [0.25, 0.3) is 0 Å². The van der Waals surface area contributed by atoms with Crippen molar-refractivity contribution in [2.45, 2.75) is 37.5 Å². The molecule has 0 radical (unpaired) electrons. The highest BCUT2D eigenvalue weighted by atomic mass is 32.2. The van der Waals surface area contributed by atoms with Crippen LogP contribution in [0.3, 0.4) is 0 Å². The number of hydrogen-bond donors (Lipinski definition) is 2. The van der Waals surface area contributed by atoms with Gasteiger partial charge in [-0.25, -0.2) is 4.79 Å². The minimum atomic E-state index is -0.154. The van der Waals surface area contributed by atoms with Crippen LogP contribution in [0, 0.1) is 11.3 Å². The zero-order valence-electron chi connectivity index (χ0n) is 12.5. The number of nitrogens with one attached hydrogen (secondary N) is 2. The van der Waals surface area contributed by atoms with Crippen LogP contribution in [0.1, 0.15) is 43.9 Å². The lowest BCUT2D eigenvalue weighted by molar-refractivity contribution is 0.237. The number of amides is 2. The van der Waals surface area contributed by atoms with Gasteiger partial charge in [-0.2, -0.15) is 17.0 Å². The third kappa shape index (κ3) is 4.40. The van der Waals surface area contributed by atoms with Crippen molar-refractivity contribution in [1.29, 1.82) is 5.26 Å². The predicted octanol–water partition coefficient (Wildman–Crippen LogP) is 3.20. The largest absolute Gasteiger partial charge is 0.337 e. The minimum absolute atomic E-state index is 0.123. The normalized spacial score (nSPS) is 22.3. The molecule has 1 aromatic carbocycles. The van der Waals surface area contributed by atoms with Crippen LogP contribution in [0.15, 0.2) is 24.3 Å². The van der Waals surface area contributed by atoms with E-state index in [9.17, 15) is 4.79 Å². The van der Waals surface area contributed by atoms with Crippen LogP contribution in [0.2, 0.25) is 0 Å². The maximum atomic E-state index is 12.0. The topological polar surface area (TPSA) is 64.9 Å². The van der Waals surface area contributed by atoms with Gasteiger partial charge in [0.05, 0.1) is 17.7 Å². The summed E-state index contributed by atoms with van der Waals surface area (Å²) in [6.45, 7) is 4.81. The number of nitrogens with zero attached hydrogens (tertiary/aromatic N) is 1. The molecule has 21 heavy (non-hydrogen) atoms. The Kier molecular flexibility index (Phi) is 5.13. The first-order valence-corrected chi connectivity index (χ1v) is 8.19. The minimum Gasteiger partial charge on any atom is -0.337 e. The predicted molar refractivity (Wildman–Crippen MR) is 86.2 cm³/mol. The number of thioether (sulfide) groups is 1. The van der Waals surface area contributed by atoms with Crippen LogP contribution < -0.4 is 10.6 Å². The highest BCUT2D eigenvalue weighted by Gasteiger charge is 2.29. The van der Waals surface area contributed by atoms with Gasteiger partial charge in [0.2, 0.25) is 0 Å². The molecule has 1 fully saturated rings. The molecule has 4 nitrogen and oxygen atoms in total. The molecule has 112 valence electrons. The number of benzene rings is 1. The van der Waals surface area contributed by atoms with E-state index in [1.54, 1.807) is 12.1 Å². The number of nitriles is 1. The Bertz CT molecular complexity index is 547. The van der Waals surface area contributed by atoms with Crippen LogP contribution >= 0.6 is 11.8 Å². The van der Waals surface area contributed by atoms with Gasteiger partial charge in [0.15, 0.2) is 0 Å². The molecular formula is C16H21N3OS. The van der Waals surface area contributed by atoms with Gasteiger partial charge in [0.1, 0.15) is 0 Å². The van der Waals surface area contributed by atoms with Gasteiger partial charge < -0.3 is 10.6 Å². The summed E-state index contributed by atoms with van der Waals surface area (Å²) in [7, 11) is 0. The Morgan fingerprint density at radius 1 is 1.57 bits per heavy atom. The van der Waals surface area contributed by atoms with E-state index < -0.39 is 0 Å². The molecule has 0 unspecified atom stereocenters. The molecule has 0 saturated carbocycles. The van der Waals surface area contributed by atoms with Crippen molar-refractivity contribution in [2.75, 3.05) is 12.3 Å². The number of urea groups is 1. The SMILES string of the molecule is C[C@H](NC(=O)NC[C@]1(C)CCCS1)c1cccc(C#N)c1. The second-order valence-electron chi connectivity index (χ2n) is 5.69. The fraction of sp³-hybridized carbons (Fsp3) is 0.500. The lowest BCUT2D eigenvalue weighted by Gasteiger charge is -2.24. The Labute approximate surface area is 130 Å². The lowest BCUT2D eigenvalue weighted by Crippen LogP contribution is -2.43. The van der Waals surface area contributed by atoms with Crippen molar-refractivity contribution < 1.29 is 4.79 Å². The van der Waals surface area contributed by atoms with Gasteiger partial charge >= 0.3 is 6.03 Å². The second-order valence-corrected chi connectivity index (χ2v) is 7.37. The maximum absolute atomic E-state index is 12.0. The van der Waals surface area contributed by atoms with E-state index >= 15 is 0 Å². The van der Waals surface area contributed by atoms with Gasteiger partial charge in [-0.1, -0.05) is 12.1 Å². The molecule has 2 amide bonds. The molecule has 1 aliphatic rings. The molecule has 1 aliphatic heterocycles. The van der Waals surface area contributed by atoms with Gasteiger partial charge in [-0.3, -0.25) is 0 Å². The highest BCUT2D eigenvalue weighted by Crippen LogP contribution is 2.36. The number of hydrogen-bond acceptors (Lipinski definition) is 3. The Hall–Kier alpha value is -1.67. The number of carbonyl (C=O) groups is 1. The van der Waals surface area contributed by atoms with E-state index in [4.69, 9.17) is 5.26 Å². The van der Waals surface area contributed by atoms with Crippen LogP contribution in [-0.2, 0) is 0 Å². The molecular weight excluding hydrogens is 282 g/mol. The van der Waals surface area contributed by atoms with Gasteiger partial charge in [0.25, 0.3) is 0 Å². The molecule has 0 aromatic heterocycles. The standard InChI is InChI=1S/C16H21N3OS/c1-12(14-6-3-5-13(9-14)10-17)19-15(20)18-11-16(2)7-4-8-21-16/h3,5-6,9,12H,4,7-8,11H2,1-2H3,(H2,18,19,20)/t12-,16-/m0/s1. The van der Waals surface area contributed by atoms with E-state index in [1.807, 2.05) is 30.8 Å². The summed E-state index contributed by atoms with van der Waals surface area (Å²) < 4.78 is 0.168. The van der Waals surface area contributed by atoms with E-state index in [2.05, 4.69) is 23.6 Å². The third-order valence-electron chi connectivity index (χ3n) is 3.79. The van der Waals surface area contributed by atoms with Crippen molar-refractivity contribution in [3.8, 4) is 6.07 Å². The maximum Gasteiger partial charge on any atom is 0.315 e. The molecule has 2 N–H and O–H groups in total. The average molecular weight is 303 g/mol. The fourth-order valence-corrected chi connectivity index (χ4v) is 3.70. The van der Waals surface area contributed by atoms with Crippen molar-refractivity contribution in [2.24, 2.45) is 0 Å². The lowest BCUT2D eigenvalue weighted by atomic mass is 10.1. The molecule has 2 rings (SSSR count). The summed E-state index contributed by atoms with van der Waals surface area (Å²) in [5, 5.41) is 14.8. The van der Waals surface area contributed by atoms with Crippen molar-refractivity contribution in [1.82, 2.24) is 10.6 Å². The molecule has 1 aromatic rings. The molecule has 0 spiro atoms. The first-order chi connectivity index (χ1) is 10.0. The first kappa shape index (κ1) is 15.7. The molecule has 1 saturated heterocycles. The van der Waals surface area contributed by atoms with Gasteiger partial charge in [-0.15, -0.1) is 0 Å². The van der Waals surface area contributed by atoms with Crippen LogP contribution in [0.4, 0.5) is 4.79 Å². The number of rotatable bonds is 4. The molecule has 1 heterocycles. The summed E-state index contributed by atoms with van der Waals surface area (Å²) in [6.07, 6.45) is 2.37. The Morgan fingerprint density at radius 3 is 3.05 bits per heavy atom. The monoisotopic (exact) mass is 303 g/mol. The van der Waals surface area contributed by atoms with E-state index in [0.717, 1.165) is 12.0 Å². The van der Waals surface area contributed by atoms with Gasteiger partial charge in [-0.05, 0) is 50.1 Å². The van der Waals surface area contributed by atoms with E-state index in [1.165, 1.54) is 12.2 Å². The van der Waals surface area contributed by atoms with Crippen molar-refractivity contribution >= 4 is 17.8 Å². The smallest absolute Gasteiger partial charge is 0.315 e. The van der Waals surface area contributed by atoms with Crippen molar-refractivity contribution in [3.05, 3.63) is 35.4 Å². The summed E-state index contributed by atoms with van der Waals surface area (Å²) in [5.41, 5.74) is 1.54. The summed E-state index contributed by atoms with van der Waals surface area (Å²) in [5.74, 6) is 1.18. The fourth-order valence-electron chi connectivity index (χ4n) is 2.45. The quantitative estimate of drug-likeness (QED) is 0.897. The first-order valence-electron chi connectivity index (χ1n) is 7.21. The third-order valence-corrected chi connectivity index (χ3v) is 5.32. The molecule has 2 atom stereocenters. The van der Waals surface area contributed by atoms with Crippen molar-refractivity contribution in [3.63, 3.8) is 0 Å². The average Bonchev–Trinajstić information content (AvgIpc) is 2.92. The molecule has 5 heteroatoms. The second kappa shape index (κ2) is 6.86. The Morgan fingerprint density at radius 2 is 2.38 bits per heavy atom. The highest BCUT2D eigenvalue weighted by molar-refractivity contribution is 8.00. The van der Waals surface area contributed by atoms with E-state index in [0.29, 0.717) is 12.1 Å². The summed E-state index contributed by atoms with van der Waals surface area (Å²) in [4.78, 5) is 12.0.